The van der Waals surface area contributed by atoms with Crippen LogP contribution in [-0.2, 0) is 0 Å². The molecule has 0 bridgehead atoms. The molecule has 4 nitrogen and oxygen atoms in total. The van der Waals surface area contributed by atoms with Crippen molar-refractivity contribution in [3.05, 3.63) is 4.88 Å². The number of carbonyl (C=O) groups excluding carboxylic acids is 1. The number of nitrogens with two attached hydrogens (primary N) is 1. The summed E-state index contributed by atoms with van der Waals surface area (Å²) in [4.78, 5) is 15.2. The second-order valence-corrected chi connectivity index (χ2v) is 7.49. The number of rotatable bonds is 7. The van der Waals surface area contributed by atoms with Gasteiger partial charge < -0.3 is 15.4 Å². The van der Waals surface area contributed by atoms with Crippen molar-refractivity contribution >= 4 is 27.8 Å². The summed E-state index contributed by atoms with van der Waals surface area (Å²) in [6.45, 7) is 8.76. The molecule has 1 aromatic heterocycles. The highest BCUT2D eigenvalue weighted by molar-refractivity contribution is 7.19. The smallest absolute Gasteiger partial charge is 0.177 e. The van der Waals surface area contributed by atoms with Crippen molar-refractivity contribution in [2.75, 3.05) is 24.2 Å². The van der Waals surface area contributed by atoms with Gasteiger partial charge in [0.1, 0.15) is 5.00 Å². The van der Waals surface area contributed by atoms with Crippen LogP contribution in [0.5, 0.6) is 5.75 Å². The Bertz CT molecular complexity index is 519. The Balaban J connectivity index is 2.35. The molecule has 0 atom stereocenters. The van der Waals surface area contributed by atoms with E-state index in [2.05, 4.69) is 11.9 Å². The van der Waals surface area contributed by atoms with E-state index in [1.807, 2.05) is 27.7 Å². The van der Waals surface area contributed by atoms with E-state index >= 15 is 0 Å². The molecule has 0 spiro atoms. The molecule has 0 amide bonds. The van der Waals surface area contributed by atoms with Crippen LogP contribution in [0.4, 0.5) is 10.7 Å². The van der Waals surface area contributed by atoms with Gasteiger partial charge in [-0.15, -0.1) is 11.3 Å². The SMILES string of the molecule is CC(C)Oc1c(N(C)CC2CC2)sc(C(=O)C(C)C)c1N. The molecule has 1 aromatic rings. The van der Waals surface area contributed by atoms with Crippen molar-refractivity contribution in [1.29, 1.82) is 0 Å². The van der Waals surface area contributed by atoms with Crippen molar-refractivity contribution in [1.82, 2.24) is 0 Å². The van der Waals surface area contributed by atoms with Crippen molar-refractivity contribution in [2.24, 2.45) is 11.8 Å². The zero-order chi connectivity index (χ0) is 15.7. The maximum atomic E-state index is 12.3. The number of nitrogen functional groups attached to an aromatic ring is 1. The molecule has 0 unspecified atom stereocenters. The number of anilines is 2. The monoisotopic (exact) mass is 310 g/mol. The highest BCUT2D eigenvalue weighted by atomic mass is 32.1. The molecule has 2 rings (SSSR count). The molecule has 1 aliphatic rings. The van der Waals surface area contributed by atoms with Crippen LogP contribution in [0.2, 0.25) is 0 Å². The minimum Gasteiger partial charge on any atom is -0.486 e. The summed E-state index contributed by atoms with van der Waals surface area (Å²) < 4.78 is 5.90. The average Bonchev–Trinajstić information content (AvgIpc) is 3.14. The first-order valence-electron chi connectivity index (χ1n) is 7.65. The van der Waals surface area contributed by atoms with E-state index in [0.29, 0.717) is 16.3 Å². The molecular weight excluding hydrogens is 284 g/mol. The summed E-state index contributed by atoms with van der Waals surface area (Å²) in [6.07, 6.45) is 2.63. The Morgan fingerprint density at radius 1 is 1.38 bits per heavy atom. The van der Waals surface area contributed by atoms with E-state index in [0.717, 1.165) is 17.5 Å². The highest BCUT2D eigenvalue weighted by Gasteiger charge is 2.29. The minimum atomic E-state index is -0.0561. The van der Waals surface area contributed by atoms with Gasteiger partial charge in [0.2, 0.25) is 0 Å². The predicted octanol–water partition coefficient (Wildman–Crippen LogP) is 3.80. The fourth-order valence-electron chi connectivity index (χ4n) is 2.23. The quantitative estimate of drug-likeness (QED) is 0.778. The van der Waals surface area contributed by atoms with E-state index in [-0.39, 0.29) is 17.8 Å². The molecule has 1 fully saturated rings. The number of carbonyl (C=O) groups is 1. The van der Waals surface area contributed by atoms with Crippen LogP contribution in [0.25, 0.3) is 0 Å². The second kappa shape index (κ2) is 6.26. The van der Waals surface area contributed by atoms with Crippen LogP contribution in [0.1, 0.15) is 50.2 Å². The topological polar surface area (TPSA) is 55.6 Å². The van der Waals surface area contributed by atoms with E-state index in [1.165, 1.54) is 24.2 Å². The number of hydrogen-bond acceptors (Lipinski definition) is 5. The van der Waals surface area contributed by atoms with Gasteiger partial charge in [0.05, 0.1) is 16.7 Å². The van der Waals surface area contributed by atoms with E-state index in [4.69, 9.17) is 10.5 Å². The zero-order valence-electron chi connectivity index (χ0n) is 13.6. The first kappa shape index (κ1) is 16.1. The van der Waals surface area contributed by atoms with Gasteiger partial charge in [0.15, 0.2) is 11.5 Å². The Morgan fingerprint density at radius 3 is 2.48 bits per heavy atom. The van der Waals surface area contributed by atoms with Gasteiger partial charge in [-0.2, -0.15) is 0 Å². The predicted molar refractivity (Wildman–Crippen MR) is 89.7 cm³/mol. The summed E-state index contributed by atoms with van der Waals surface area (Å²) in [6, 6.07) is 0. The van der Waals surface area contributed by atoms with Gasteiger partial charge in [-0.25, -0.2) is 0 Å². The Kier molecular flexibility index (Phi) is 4.81. The first-order valence-corrected chi connectivity index (χ1v) is 8.47. The summed E-state index contributed by atoms with van der Waals surface area (Å²) in [5, 5.41) is 0.983. The summed E-state index contributed by atoms with van der Waals surface area (Å²) >= 11 is 1.47. The number of nitrogens with zero attached hydrogens (tertiary/aromatic N) is 1. The van der Waals surface area contributed by atoms with Gasteiger partial charge in [-0.05, 0) is 32.6 Å². The van der Waals surface area contributed by atoms with Crippen molar-refractivity contribution < 1.29 is 9.53 Å². The molecule has 5 heteroatoms. The van der Waals surface area contributed by atoms with Crippen LogP contribution in [0.3, 0.4) is 0 Å². The lowest BCUT2D eigenvalue weighted by molar-refractivity contribution is 0.0944. The third kappa shape index (κ3) is 3.70. The summed E-state index contributed by atoms with van der Waals surface area (Å²) in [5.41, 5.74) is 6.72. The summed E-state index contributed by atoms with van der Waals surface area (Å²) in [7, 11) is 2.06. The van der Waals surface area contributed by atoms with Crippen molar-refractivity contribution in [3.8, 4) is 5.75 Å². The standard InChI is InChI=1S/C16H26N2O2S/c1-9(2)13(19)15-12(17)14(20-10(3)4)16(21-15)18(5)8-11-6-7-11/h9-11H,6-8,17H2,1-5H3. The molecule has 118 valence electrons. The fraction of sp³-hybridized carbons (Fsp3) is 0.688. The third-order valence-corrected chi connectivity index (χ3v) is 4.88. The molecule has 2 N–H and O–H groups in total. The Labute approximate surface area is 131 Å². The van der Waals surface area contributed by atoms with E-state index in [1.54, 1.807) is 0 Å². The zero-order valence-corrected chi connectivity index (χ0v) is 14.4. The molecule has 21 heavy (non-hydrogen) atoms. The van der Waals surface area contributed by atoms with E-state index in [9.17, 15) is 4.79 Å². The normalized spacial score (nSPS) is 14.8. The molecule has 0 radical (unpaired) electrons. The van der Waals surface area contributed by atoms with Gasteiger partial charge in [0.25, 0.3) is 0 Å². The molecular formula is C16H26N2O2S. The number of thiophene rings is 1. The molecule has 1 aliphatic carbocycles. The van der Waals surface area contributed by atoms with Crippen molar-refractivity contribution in [2.45, 2.75) is 46.6 Å². The Hall–Kier alpha value is -1.23. The maximum absolute atomic E-state index is 12.3. The van der Waals surface area contributed by atoms with Gasteiger partial charge >= 0.3 is 0 Å². The van der Waals surface area contributed by atoms with Crippen LogP contribution in [-0.4, -0.2) is 25.5 Å². The number of hydrogen-bond donors (Lipinski definition) is 1. The first-order chi connectivity index (χ1) is 9.81. The van der Waals surface area contributed by atoms with Crippen LogP contribution >= 0.6 is 11.3 Å². The molecule has 1 heterocycles. The van der Waals surface area contributed by atoms with Gasteiger partial charge in [0, 0.05) is 19.5 Å². The lowest BCUT2D eigenvalue weighted by Gasteiger charge is -2.20. The van der Waals surface area contributed by atoms with Gasteiger partial charge in [-0.3, -0.25) is 4.79 Å². The van der Waals surface area contributed by atoms with Crippen LogP contribution in [0, 0.1) is 11.8 Å². The summed E-state index contributed by atoms with van der Waals surface area (Å²) in [5.74, 6) is 1.49. The number of Topliss-reactive ketones (excluding diaryl/α,β-unsaturated/α-hetero) is 1. The third-order valence-electron chi connectivity index (χ3n) is 3.56. The van der Waals surface area contributed by atoms with Crippen LogP contribution in [0.15, 0.2) is 0 Å². The minimum absolute atomic E-state index is 0.0389. The van der Waals surface area contributed by atoms with Crippen LogP contribution < -0.4 is 15.4 Å². The second-order valence-electron chi connectivity index (χ2n) is 6.49. The maximum Gasteiger partial charge on any atom is 0.177 e. The Morgan fingerprint density at radius 2 is 2.00 bits per heavy atom. The highest BCUT2D eigenvalue weighted by Crippen LogP contribution is 2.46. The van der Waals surface area contributed by atoms with Crippen molar-refractivity contribution in [3.63, 3.8) is 0 Å². The number of ether oxygens (including phenoxy) is 1. The molecule has 0 aliphatic heterocycles. The van der Waals surface area contributed by atoms with E-state index < -0.39 is 0 Å². The largest absolute Gasteiger partial charge is 0.486 e. The lowest BCUT2D eigenvalue weighted by atomic mass is 10.1. The number of ketones is 1. The molecule has 0 saturated heterocycles. The molecule has 1 saturated carbocycles. The molecule has 0 aromatic carbocycles. The van der Waals surface area contributed by atoms with Gasteiger partial charge in [-0.1, -0.05) is 13.8 Å². The fourth-order valence-corrected chi connectivity index (χ4v) is 3.45. The average molecular weight is 310 g/mol. The lowest BCUT2D eigenvalue weighted by Crippen LogP contribution is -2.20.